The zero-order chi connectivity index (χ0) is 11.5. The van der Waals surface area contributed by atoms with E-state index in [2.05, 4.69) is 35.6 Å². The van der Waals surface area contributed by atoms with Crippen LogP contribution >= 0.6 is 11.3 Å². The molecule has 0 spiro atoms. The van der Waals surface area contributed by atoms with Gasteiger partial charge < -0.3 is 5.73 Å². The molecule has 0 radical (unpaired) electrons. The summed E-state index contributed by atoms with van der Waals surface area (Å²) in [4.78, 5) is 2.59. The number of hydrogen-bond donors (Lipinski definition) is 1. The minimum atomic E-state index is 0.259. The Morgan fingerprint density at radius 2 is 2.25 bits per heavy atom. The molecular weight excluding hydrogens is 216 g/mol. The van der Waals surface area contributed by atoms with Crippen molar-refractivity contribution in [2.75, 3.05) is 6.54 Å². The number of thiophene rings is 1. The smallest absolute Gasteiger partial charge is 0.0510 e. The van der Waals surface area contributed by atoms with Gasteiger partial charge in [0.2, 0.25) is 0 Å². The normalized spacial score (nSPS) is 20.0. The van der Waals surface area contributed by atoms with E-state index in [0.717, 1.165) is 19.0 Å². The van der Waals surface area contributed by atoms with Crippen molar-refractivity contribution in [3.8, 4) is 0 Å². The molecule has 0 saturated heterocycles. The molecule has 1 aliphatic carbocycles. The lowest BCUT2D eigenvalue weighted by atomic mass is 9.98. The lowest BCUT2D eigenvalue weighted by Crippen LogP contribution is -2.41. The highest BCUT2D eigenvalue weighted by Gasteiger charge is 2.35. The lowest BCUT2D eigenvalue weighted by molar-refractivity contribution is 0.168. The Hall–Kier alpha value is -0.380. The summed E-state index contributed by atoms with van der Waals surface area (Å²) < 4.78 is 0. The average molecular weight is 238 g/mol. The maximum Gasteiger partial charge on any atom is 0.0510 e. The van der Waals surface area contributed by atoms with Gasteiger partial charge >= 0.3 is 0 Å². The van der Waals surface area contributed by atoms with Gasteiger partial charge in [0.25, 0.3) is 0 Å². The predicted octanol–water partition coefficient (Wildman–Crippen LogP) is 3.01. The van der Waals surface area contributed by atoms with Gasteiger partial charge in [-0.3, -0.25) is 4.90 Å². The van der Waals surface area contributed by atoms with Gasteiger partial charge in [-0.2, -0.15) is 11.3 Å². The monoisotopic (exact) mass is 238 g/mol. The molecule has 0 amide bonds. The Morgan fingerprint density at radius 1 is 1.50 bits per heavy atom. The van der Waals surface area contributed by atoms with Crippen LogP contribution in [0.1, 0.15) is 44.7 Å². The molecule has 90 valence electrons. The molecule has 1 aromatic heterocycles. The summed E-state index contributed by atoms with van der Waals surface area (Å²) in [5.74, 6) is 0. The van der Waals surface area contributed by atoms with Crippen LogP contribution in [0.4, 0.5) is 0 Å². The van der Waals surface area contributed by atoms with Crippen LogP contribution < -0.4 is 5.73 Å². The first-order valence-electron chi connectivity index (χ1n) is 6.31. The van der Waals surface area contributed by atoms with E-state index < -0.39 is 0 Å². The van der Waals surface area contributed by atoms with Crippen molar-refractivity contribution in [1.82, 2.24) is 4.90 Å². The van der Waals surface area contributed by atoms with Crippen molar-refractivity contribution in [3.05, 3.63) is 22.4 Å². The van der Waals surface area contributed by atoms with Crippen molar-refractivity contribution < 1.29 is 0 Å². The first-order valence-corrected chi connectivity index (χ1v) is 7.25. The Bertz CT molecular complexity index is 306. The number of likely N-dealkylation sites (N-methyl/N-ethyl adjacent to an activating group) is 1. The highest BCUT2D eigenvalue weighted by molar-refractivity contribution is 7.07. The van der Waals surface area contributed by atoms with E-state index in [9.17, 15) is 0 Å². The predicted molar refractivity (Wildman–Crippen MR) is 70.7 cm³/mol. The first-order chi connectivity index (χ1) is 7.77. The summed E-state index contributed by atoms with van der Waals surface area (Å²) in [5.41, 5.74) is 7.72. The van der Waals surface area contributed by atoms with Gasteiger partial charge in [0, 0.05) is 12.1 Å². The van der Waals surface area contributed by atoms with E-state index in [4.69, 9.17) is 5.73 Å². The van der Waals surface area contributed by atoms with Gasteiger partial charge in [-0.15, -0.1) is 0 Å². The molecule has 2 nitrogen and oxygen atoms in total. The van der Waals surface area contributed by atoms with Gasteiger partial charge in [-0.25, -0.2) is 0 Å². The molecule has 3 heteroatoms. The maximum absolute atomic E-state index is 6.31. The second-order valence-corrected chi connectivity index (χ2v) is 5.42. The molecule has 0 bridgehead atoms. The molecule has 2 unspecified atom stereocenters. The van der Waals surface area contributed by atoms with E-state index in [1.165, 1.54) is 18.4 Å². The number of hydrogen-bond acceptors (Lipinski definition) is 3. The molecule has 1 heterocycles. The van der Waals surface area contributed by atoms with Gasteiger partial charge in [-0.1, -0.05) is 13.8 Å². The van der Waals surface area contributed by atoms with Crippen molar-refractivity contribution in [1.29, 1.82) is 0 Å². The van der Waals surface area contributed by atoms with Crippen molar-refractivity contribution in [2.45, 2.75) is 51.2 Å². The quantitative estimate of drug-likeness (QED) is 0.825. The van der Waals surface area contributed by atoms with Crippen LogP contribution in [-0.2, 0) is 0 Å². The lowest BCUT2D eigenvalue weighted by Gasteiger charge is -2.34. The van der Waals surface area contributed by atoms with Crippen molar-refractivity contribution >= 4 is 11.3 Å². The molecule has 1 saturated carbocycles. The summed E-state index contributed by atoms with van der Waals surface area (Å²) in [6.07, 6.45) is 3.75. The molecule has 1 aromatic rings. The SMILES string of the molecule is CCC(N)C(c1ccsc1)N(CC)C1CC1. The first kappa shape index (κ1) is 12.1. The third kappa shape index (κ3) is 2.47. The fourth-order valence-electron chi connectivity index (χ4n) is 2.44. The molecule has 1 fully saturated rings. The fraction of sp³-hybridized carbons (Fsp3) is 0.692. The summed E-state index contributed by atoms with van der Waals surface area (Å²) in [6, 6.07) is 3.70. The van der Waals surface area contributed by atoms with Crippen LogP contribution in [-0.4, -0.2) is 23.5 Å². The zero-order valence-electron chi connectivity index (χ0n) is 10.2. The van der Waals surface area contributed by atoms with Crippen molar-refractivity contribution in [2.24, 2.45) is 5.73 Å². The Morgan fingerprint density at radius 3 is 2.69 bits per heavy atom. The van der Waals surface area contributed by atoms with Crippen molar-refractivity contribution in [3.63, 3.8) is 0 Å². The molecule has 2 N–H and O–H groups in total. The summed E-state index contributed by atoms with van der Waals surface area (Å²) >= 11 is 1.77. The number of rotatable bonds is 6. The number of nitrogens with two attached hydrogens (primary N) is 1. The standard InChI is InChI=1S/C13H22N2S/c1-3-12(14)13(10-7-8-16-9-10)15(4-2)11-5-6-11/h7-9,11-13H,3-6,14H2,1-2H3. The Balaban J connectivity index is 2.19. The zero-order valence-corrected chi connectivity index (χ0v) is 11.0. The summed E-state index contributed by atoms with van der Waals surface area (Å²) in [6.45, 7) is 5.55. The molecule has 2 atom stereocenters. The Labute approximate surface area is 102 Å². The molecule has 2 rings (SSSR count). The van der Waals surface area contributed by atoms with E-state index in [1.807, 2.05) is 0 Å². The average Bonchev–Trinajstić information content (AvgIpc) is 3.00. The molecule has 16 heavy (non-hydrogen) atoms. The van der Waals surface area contributed by atoms with Crippen LogP contribution in [0.5, 0.6) is 0 Å². The Kier molecular flexibility index (Phi) is 4.00. The van der Waals surface area contributed by atoms with E-state index in [0.29, 0.717) is 6.04 Å². The minimum absolute atomic E-state index is 0.259. The second kappa shape index (κ2) is 5.30. The van der Waals surface area contributed by atoms with E-state index in [-0.39, 0.29) is 6.04 Å². The van der Waals surface area contributed by atoms with Gasteiger partial charge in [0.05, 0.1) is 6.04 Å². The molecule has 1 aliphatic rings. The summed E-state index contributed by atoms with van der Waals surface area (Å²) in [5, 5.41) is 4.41. The van der Waals surface area contributed by atoms with Crippen LogP contribution in [0.25, 0.3) is 0 Å². The van der Waals surface area contributed by atoms with Crippen LogP contribution in [0.15, 0.2) is 16.8 Å². The largest absolute Gasteiger partial charge is 0.326 e. The highest BCUT2D eigenvalue weighted by Crippen LogP contribution is 2.36. The maximum atomic E-state index is 6.31. The second-order valence-electron chi connectivity index (χ2n) is 4.64. The number of nitrogens with zero attached hydrogens (tertiary/aromatic N) is 1. The van der Waals surface area contributed by atoms with Crippen LogP contribution in [0.3, 0.4) is 0 Å². The van der Waals surface area contributed by atoms with Gasteiger partial charge in [0.1, 0.15) is 0 Å². The molecular formula is C13H22N2S. The minimum Gasteiger partial charge on any atom is -0.326 e. The van der Waals surface area contributed by atoms with E-state index in [1.54, 1.807) is 11.3 Å². The molecule has 0 aliphatic heterocycles. The van der Waals surface area contributed by atoms with Gasteiger partial charge in [-0.05, 0) is 48.2 Å². The van der Waals surface area contributed by atoms with E-state index >= 15 is 0 Å². The van der Waals surface area contributed by atoms with Crippen LogP contribution in [0, 0.1) is 0 Å². The highest BCUT2D eigenvalue weighted by atomic mass is 32.1. The summed E-state index contributed by atoms with van der Waals surface area (Å²) in [7, 11) is 0. The third-order valence-corrected chi connectivity index (χ3v) is 4.20. The fourth-order valence-corrected chi connectivity index (χ4v) is 3.13. The third-order valence-electron chi connectivity index (χ3n) is 3.50. The van der Waals surface area contributed by atoms with Gasteiger partial charge in [0.15, 0.2) is 0 Å². The molecule has 0 aromatic carbocycles. The topological polar surface area (TPSA) is 29.3 Å². The van der Waals surface area contributed by atoms with Crippen LogP contribution in [0.2, 0.25) is 0 Å².